The molecular formula is C32H34FN5O3. The average Bonchev–Trinajstić information content (AvgIpc) is 3.69. The van der Waals surface area contributed by atoms with Gasteiger partial charge in [0.2, 0.25) is 0 Å². The molecule has 1 saturated heterocycles. The van der Waals surface area contributed by atoms with E-state index in [1.165, 1.54) is 19.0 Å². The first-order chi connectivity index (χ1) is 20.1. The van der Waals surface area contributed by atoms with Gasteiger partial charge in [0, 0.05) is 49.4 Å². The van der Waals surface area contributed by atoms with Crippen LogP contribution in [0, 0.1) is 17.7 Å². The van der Waals surface area contributed by atoms with Crippen LogP contribution in [0.1, 0.15) is 48.0 Å². The third kappa shape index (κ3) is 6.56. The zero-order valence-corrected chi connectivity index (χ0v) is 23.2. The van der Waals surface area contributed by atoms with E-state index in [1.807, 2.05) is 47.5 Å². The molecule has 1 saturated carbocycles. The molecule has 9 heteroatoms. The molecule has 0 atom stereocenters. The van der Waals surface area contributed by atoms with Crippen LogP contribution in [0.2, 0.25) is 0 Å². The van der Waals surface area contributed by atoms with Gasteiger partial charge in [0.1, 0.15) is 11.5 Å². The van der Waals surface area contributed by atoms with Crippen molar-refractivity contribution in [1.29, 1.82) is 0 Å². The summed E-state index contributed by atoms with van der Waals surface area (Å²) in [5, 5.41) is 3.07. The van der Waals surface area contributed by atoms with Crippen molar-refractivity contribution < 1.29 is 18.7 Å². The number of hydrogen-bond acceptors (Lipinski definition) is 7. The molecule has 2 aliphatic heterocycles. The molecule has 1 amide bonds. The highest BCUT2D eigenvalue weighted by molar-refractivity contribution is 6.03. The Morgan fingerprint density at radius 1 is 1.05 bits per heavy atom. The van der Waals surface area contributed by atoms with Gasteiger partial charge in [-0.2, -0.15) is 0 Å². The van der Waals surface area contributed by atoms with E-state index in [1.54, 1.807) is 19.2 Å². The standard InChI is InChI=1S/C32H34FN5O3/c1-40-26-15-25(16-27(17-26)41-20-22-7-8-22)32(39)36-18-21-9-12-38(13-10-21)31-28(33)19-35-30(37-31)24-5-2-4-23(14-24)29-6-3-11-34-29/h2-5,11,14-17,19,21-22H,6-10,12-13,18,20H2,1H3,(H,36,39). The Bertz CT molecular complexity index is 1480. The number of allylic oxidation sites excluding steroid dienone is 1. The number of piperidine rings is 1. The van der Waals surface area contributed by atoms with Crippen LogP contribution in [-0.4, -0.2) is 54.9 Å². The van der Waals surface area contributed by atoms with Crippen molar-refractivity contribution in [1.82, 2.24) is 15.3 Å². The fourth-order valence-corrected chi connectivity index (χ4v) is 5.20. The molecule has 3 heterocycles. The van der Waals surface area contributed by atoms with Crippen molar-refractivity contribution in [2.24, 2.45) is 16.8 Å². The number of methoxy groups -OCH3 is 1. The first kappa shape index (κ1) is 26.9. The second-order valence-corrected chi connectivity index (χ2v) is 10.9. The normalized spacial score (nSPS) is 16.9. The monoisotopic (exact) mass is 555 g/mol. The lowest BCUT2D eigenvalue weighted by atomic mass is 9.96. The van der Waals surface area contributed by atoms with Gasteiger partial charge in [-0.15, -0.1) is 0 Å². The second-order valence-electron chi connectivity index (χ2n) is 10.9. The number of aliphatic imine (C=N–C) groups is 1. The fraction of sp³-hybridized carbons (Fsp3) is 0.375. The summed E-state index contributed by atoms with van der Waals surface area (Å²) >= 11 is 0. The Morgan fingerprint density at radius 3 is 2.61 bits per heavy atom. The summed E-state index contributed by atoms with van der Waals surface area (Å²) in [4.78, 5) is 28.2. The lowest BCUT2D eigenvalue weighted by Gasteiger charge is -2.33. The van der Waals surface area contributed by atoms with E-state index in [0.29, 0.717) is 60.9 Å². The summed E-state index contributed by atoms with van der Waals surface area (Å²) in [5.74, 6) is 2.37. The van der Waals surface area contributed by atoms with Crippen molar-refractivity contribution in [3.8, 4) is 22.9 Å². The summed E-state index contributed by atoms with van der Waals surface area (Å²) in [6, 6.07) is 13.2. The molecule has 2 fully saturated rings. The number of carbonyl (C=O) groups excluding carboxylic acids is 1. The van der Waals surface area contributed by atoms with Crippen molar-refractivity contribution in [3.05, 3.63) is 77.9 Å². The third-order valence-corrected chi connectivity index (χ3v) is 7.85. The summed E-state index contributed by atoms with van der Waals surface area (Å²) in [6.07, 6.45) is 9.90. The second kappa shape index (κ2) is 12.1. The number of hydrogen-bond donors (Lipinski definition) is 1. The SMILES string of the molecule is COc1cc(OCC2CC2)cc(C(=O)NCC2CCN(c3nc(-c4cccc(C5=NC=CC5)c4)ncc3F)CC2)c1. The highest BCUT2D eigenvalue weighted by Gasteiger charge is 2.25. The smallest absolute Gasteiger partial charge is 0.251 e. The molecule has 1 N–H and O–H groups in total. The van der Waals surface area contributed by atoms with Crippen LogP contribution in [0.4, 0.5) is 10.2 Å². The molecule has 2 aromatic carbocycles. The van der Waals surface area contributed by atoms with Gasteiger partial charge >= 0.3 is 0 Å². The number of aromatic nitrogens is 2. The van der Waals surface area contributed by atoms with Crippen LogP contribution in [0.15, 0.2) is 65.9 Å². The number of ether oxygens (including phenoxy) is 2. The van der Waals surface area contributed by atoms with E-state index in [0.717, 1.165) is 36.1 Å². The minimum absolute atomic E-state index is 0.157. The highest BCUT2D eigenvalue weighted by Crippen LogP contribution is 2.31. The van der Waals surface area contributed by atoms with E-state index >= 15 is 0 Å². The Labute approximate surface area is 239 Å². The highest BCUT2D eigenvalue weighted by atomic mass is 19.1. The Kier molecular flexibility index (Phi) is 7.93. The molecule has 1 aromatic heterocycles. The minimum atomic E-state index is -0.432. The molecule has 1 aliphatic carbocycles. The Balaban J connectivity index is 1.05. The van der Waals surface area contributed by atoms with Gasteiger partial charge in [0.05, 0.1) is 25.6 Å². The first-order valence-electron chi connectivity index (χ1n) is 14.3. The van der Waals surface area contributed by atoms with Crippen molar-refractivity contribution in [3.63, 3.8) is 0 Å². The average molecular weight is 556 g/mol. The quantitative estimate of drug-likeness (QED) is 0.359. The van der Waals surface area contributed by atoms with Gasteiger partial charge in [0.25, 0.3) is 5.91 Å². The fourth-order valence-electron chi connectivity index (χ4n) is 5.20. The summed E-state index contributed by atoms with van der Waals surface area (Å²) in [5.41, 5.74) is 3.36. The van der Waals surface area contributed by atoms with Gasteiger partial charge in [-0.25, -0.2) is 14.4 Å². The Hall–Kier alpha value is -4.27. The lowest BCUT2D eigenvalue weighted by Crippen LogP contribution is -2.39. The number of rotatable bonds is 10. The molecule has 8 nitrogen and oxygen atoms in total. The van der Waals surface area contributed by atoms with E-state index in [2.05, 4.69) is 20.3 Å². The molecule has 0 spiro atoms. The minimum Gasteiger partial charge on any atom is -0.497 e. The van der Waals surface area contributed by atoms with Crippen molar-refractivity contribution in [2.75, 3.05) is 38.3 Å². The lowest BCUT2D eigenvalue weighted by molar-refractivity contribution is 0.0944. The van der Waals surface area contributed by atoms with Gasteiger partial charge in [-0.05, 0) is 61.3 Å². The van der Waals surface area contributed by atoms with Gasteiger partial charge in [0.15, 0.2) is 17.5 Å². The summed E-state index contributed by atoms with van der Waals surface area (Å²) in [7, 11) is 1.58. The molecule has 0 unspecified atom stereocenters. The number of amides is 1. The van der Waals surface area contributed by atoms with E-state index in [9.17, 15) is 9.18 Å². The number of nitrogens with zero attached hydrogens (tertiary/aromatic N) is 4. The van der Waals surface area contributed by atoms with Crippen LogP contribution >= 0.6 is 0 Å². The topological polar surface area (TPSA) is 88.9 Å². The van der Waals surface area contributed by atoms with Crippen LogP contribution in [-0.2, 0) is 0 Å². The van der Waals surface area contributed by atoms with E-state index in [-0.39, 0.29) is 11.8 Å². The predicted molar refractivity (Wildman–Crippen MR) is 156 cm³/mol. The van der Waals surface area contributed by atoms with E-state index < -0.39 is 5.82 Å². The summed E-state index contributed by atoms with van der Waals surface area (Å²) in [6.45, 7) is 2.51. The molecule has 41 heavy (non-hydrogen) atoms. The van der Waals surface area contributed by atoms with Crippen LogP contribution in [0.5, 0.6) is 11.5 Å². The molecule has 3 aliphatic rings. The number of nitrogens with one attached hydrogen (secondary N) is 1. The maximum absolute atomic E-state index is 14.9. The molecule has 212 valence electrons. The zero-order valence-electron chi connectivity index (χ0n) is 23.2. The maximum Gasteiger partial charge on any atom is 0.251 e. The number of benzene rings is 2. The predicted octanol–water partition coefficient (Wildman–Crippen LogP) is 5.43. The number of anilines is 1. The molecule has 3 aromatic rings. The van der Waals surface area contributed by atoms with E-state index in [4.69, 9.17) is 9.47 Å². The zero-order chi connectivity index (χ0) is 28.2. The van der Waals surface area contributed by atoms with Crippen LogP contribution < -0.4 is 19.7 Å². The van der Waals surface area contributed by atoms with Gasteiger partial charge in [-0.1, -0.05) is 24.3 Å². The van der Waals surface area contributed by atoms with Crippen LogP contribution in [0.25, 0.3) is 11.4 Å². The Morgan fingerprint density at radius 2 is 1.85 bits per heavy atom. The van der Waals surface area contributed by atoms with Gasteiger partial charge < -0.3 is 19.7 Å². The number of carbonyl (C=O) groups is 1. The molecule has 6 rings (SSSR count). The third-order valence-electron chi connectivity index (χ3n) is 7.85. The van der Waals surface area contributed by atoms with Crippen molar-refractivity contribution in [2.45, 2.75) is 32.1 Å². The first-order valence-corrected chi connectivity index (χ1v) is 14.3. The largest absolute Gasteiger partial charge is 0.497 e. The van der Waals surface area contributed by atoms with Crippen molar-refractivity contribution >= 4 is 17.4 Å². The number of halogens is 1. The maximum atomic E-state index is 14.9. The van der Waals surface area contributed by atoms with Crippen LogP contribution in [0.3, 0.4) is 0 Å². The summed E-state index contributed by atoms with van der Waals surface area (Å²) < 4.78 is 26.1. The van der Waals surface area contributed by atoms with Gasteiger partial charge in [-0.3, -0.25) is 9.79 Å². The molecule has 0 bridgehead atoms. The molecular weight excluding hydrogens is 521 g/mol. The molecule has 0 radical (unpaired) electrons.